The Balaban J connectivity index is 1.93. The molecular weight excluding hydrogens is 238 g/mol. The monoisotopic (exact) mass is 257 g/mol. The summed E-state index contributed by atoms with van der Waals surface area (Å²) in [6.45, 7) is 3.34. The Hall–Kier alpha value is -2.07. The fraction of sp³-hybridized carbons (Fsp3) is 0.267. The van der Waals surface area contributed by atoms with Crippen molar-refractivity contribution in [1.29, 1.82) is 0 Å². The summed E-state index contributed by atoms with van der Waals surface area (Å²) in [5.41, 5.74) is 1.86. The second kappa shape index (κ2) is 6.75. The SMILES string of the molecule is CCNc1cc(NCC(O)c2ccccc2)ccn1. The fourth-order valence-electron chi connectivity index (χ4n) is 1.83. The van der Waals surface area contributed by atoms with Crippen LogP contribution in [0.15, 0.2) is 48.7 Å². The summed E-state index contributed by atoms with van der Waals surface area (Å²) in [5.74, 6) is 0.835. The highest BCUT2D eigenvalue weighted by Gasteiger charge is 2.06. The Labute approximate surface area is 113 Å². The summed E-state index contributed by atoms with van der Waals surface area (Å²) < 4.78 is 0. The van der Waals surface area contributed by atoms with Crippen molar-refractivity contribution in [2.75, 3.05) is 23.7 Å². The molecule has 0 aliphatic carbocycles. The maximum absolute atomic E-state index is 10.1. The number of aliphatic hydroxyl groups is 1. The smallest absolute Gasteiger partial charge is 0.127 e. The zero-order chi connectivity index (χ0) is 13.5. The minimum Gasteiger partial charge on any atom is -0.387 e. The molecule has 0 aliphatic rings. The van der Waals surface area contributed by atoms with E-state index in [1.54, 1.807) is 6.20 Å². The van der Waals surface area contributed by atoms with E-state index in [1.165, 1.54) is 0 Å². The van der Waals surface area contributed by atoms with Gasteiger partial charge in [-0.3, -0.25) is 0 Å². The van der Waals surface area contributed by atoms with Gasteiger partial charge in [-0.25, -0.2) is 4.98 Å². The molecule has 1 aromatic carbocycles. The van der Waals surface area contributed by atoms with Crippen LogP contribution in [-0.2, 0) is 0 Å². The number of aliphatic hydroxyl groups excluding tert-OH is 1. The van der Waals surface area contributed by atoms with Crippen LogP contribution < -0.4 is 10.6 Å². The number of nitrogens with zero attached hydrogens (tertiary/aromatic N) is 1. The van der Waals surface area contributed by atoms with Gasteiger partial charge in [0.15, 0.2) is 0 Å². The molecule has 1 aromatic heterocycles. The number of pyridine rings is 1. The molecular formula is C15H19N3O. The molecule has 0 spiro atoms. The van der Waals surface area contributed by atoms with Crippen molar-refractivity contribution in [2.24, 2.45) is 0 Å². The van der Waals surface area contributed by atoms with Gasteiger partial charge in [-0.05, 0) is 18.6 Å². The summed E-state index contributed by atoms with van der Waals surface area (Å²) in [7, 11) is 0. The Morgan fingerprint density at radius 2 is 1.95 bits per heavy atom. The Bertz CT molecular complexity index is 502. The summed E-state index contributed by atoms with van der Waals surface area (Å²) in [6, 6.07) is 13.4. The number of hydrogen-bond donors (Lipinski definition) is 3. The first-order valence-electron chi connectivity index (χ1n) is 6.46. The van der Waals surface area contributed by atoms with Gasteiger partial charge in [-0.15, -0.1) is 0 Å². The van der Waals surface area contributed by atoms with Gasteiger partial charge in [0.1, 0.15) is 5.82 Å². The first-order valence-corrected chi connectivity index (χ1v) is 6.46. The van der Waals surface area contributed by atoms with E-state index in [1.807, 2.05) is 49.4 Å². The topological polar surface area (TPSA) is 57.2 Å². The van der Waals surface area contributed by atoms with Gasteiger partial charge in [-0.2, -0.15) is 0 Å². The van der Waals surface area contributed by atoms with Crippen LogP contribution >= 0.6 is 0 Å². The van der Waals surface area contributed by atoms with E-state index in [4.69, 9.17) is 0 Å². The number of benzene rings is 1. The third-order valence-corrected chi connectivity index (χ3v) is 2.80. The minimum atomic E-state index is -0.517. The molecule has 0 saturated carbocycles. The van der Waals surface area contributed by atoms with Gasteiger partial charge in [-0.1, -0.05) is 30.3 Å². The van der Waals surface area contributed by atoms with Crippen molar-refractivity contribution in [3.8, 4) is 0 Å². The lowest BCUT2D eigenvalue weighted by Crippen LogP contribution is -2.12. The average Bonchev–Trinajstić information content (AvgIpc) is 2.46. The van der Waals surface area contributed by atoms with Crippen molar-refractivity contribution < 1.29 is 5.11 Å². The third kappa shape index (κ3) is 3.96. The van der Waals surface area contributed by atoms with E-state index in [0.717, 1.165) is 23.6 Å². The molecule has 1 atom stereocenters. The van der Waals surface area contributed by atoms with Crippen LogP contribution in [0.25, 0.3) is 0 Å². The van der Waals surface area contributed by atoms with E-state index < -0.39 is 6.10 Å². The summed E-state index contributed by atoms with van der Waals surface area (Å²) in [5, 5.41) is 16.4. The average molecular weight is 257 g/mol. The Morgan fingerprint density at radius 1 is 1.16 bits per heavy atom. The van der Waals surface area contributed by atoms with E-state index >= 15 is 0 Å². The van der Waals surface area contributed by atoms with Crippen LogP contribution in [0.1, 0.15) is 18.6 Å². The Kier molecular flexibility index (Phi) is 4.75. The summed E-state index contributed by atoms with van der Waals surface area (Å²) in [4.78, 5) is 4.20. The second-order valence-electron chi connectivity index (χ2n) is 4.27. The van der Waals surface area contributed by atoms with Gasteiger partial charge in [0.05, 0.1) is 6.10 Å². The standard InChI is InChI=1S/C15H19N3O/c1-2-16-15-10-13(8-9-17-15)18-11-14(19)12-6-4-3-5-7-12/h3-10,14,19H,2,11H2,1H3,(H2,16,17,18). The molecule has 100 valence electrons. The molecule has 2 rings (SSSR count). The maximum atomic E-state index is 10.1. The lowest BCUT2D eigenvalue weighted by Gasteiger charge is -2.13. The van der Waals surface area contributed by atoms with Crippen LogP contribution in [0.4, 0.5) is 11.5 Å². The van der Waals surface area contributed by atoms with Crippen molar-refractivity contribution in [2.45, 2.75) is 13.0 Å². The van der Waals surface area contributed by atoms with Crippen molar-refractivity contribution in [3.05, 3.63) is 54.2 Å². The quantitative estimate of drug-likeness (QED) is 0.744. The number of hydrogen-bond acceptors (Lipinski definition) is 4. The molecule has 0 aliphatic heterocycles. The summed E-state index contributed by atoms with van der Waals surface area (Å²) >= 11 is 0. The van der Waals surface area contributed by atoms with Gasteiger partial charge in [0.25, 0.3) is 0 Å². The highest BCUT2D eigenvalue weighted by atomic mass is 16.3. The first kappa shape index (κ1) is 13.4. The van der Waals surface area contributed by atoms with Gasteiger partial charge in [0, 0.05) is 31.0 Å². The van der Waals surface area contributed by atoms with E-state index in [0.29, 0.717) is 6.54 Å². The van der Waals surface area contributed by atoms with Gasteiger partial charge < -0.3 is 15.7 Å². The molecule has 0 fully saturated rings. The van der Waals surface area contributed by atoms with Crippen LogP contribution in [-0.4, -0.2) is 23.2 Å². The number of rotatable bonds is 6. The number of nitrogens with one attached hydrogen (secondary N) is 2. The zero-order valence-electron chi connectivity index (χ0n) is 11.0. The van der Waals surface area contributed by atoms with Gasteiger partial charge >= 0.3 is 0 Å². The fourth-order valence-corrected chi connectivity index (χ4v) is 1.83. The highest BCUT2D eigenvalue weighted by molar-refractivity contribution is 5.51. The molecule has 4 nitrogen and oxygen atoms in total. The molecule has 1 unspecified atom stereocenters. The van der Waals surface area contributed by atoms with Crippen molar-refractivity contribution >= 4 is 11.5 Å². The lowest BCUT2D eigenvalue weighted by atomic mass is 10.1. The van der Waals surface area contributed by atoms with Crippen LogP contribution in [0.3, 0.4) is 0 Å². The largest absolute Gasteiger partial charge is 0.387 e. The zero-order valence-corrected chi connectivity index (χ0v) is 11.0. The molecule has 0 amide bonds. The molecule has 0 radical (unpaired) electrons. The van der Waals surface area contributed by atoms with Crippen molar-refractivity contribution in [3.63, 3.8) is 0 Å². The predicted molar refractivity (Wildman–Crippen MR) is 78.3 cm³/mol. The normalized spacial score (nSPS) is 11.9. The third-order valence-electron chi connectivity index (χ3n) is 2.80. The molecule has 0 saturated heterocycles. The van der Waals surface area contributed by atoms with E-state index in [2.05, 4.69) is 15.6 Å². The number of anilines is 2. The molecule has 1 heterocycles. The van der Waals surface area contributed by atoms with E-state index in [-0.39, 0.29) is 0 Å². The highest BCUT2D eigenvalue weighted by Crippen LogP contribution is 2.15. The second-order valence-corrected chi connectivity index (χ2v) is 4.27. The molecule has 3 N–H and O–H groups in total. The molecule has 0 bridgehead atoms. The first-order chi connectivity index (χ1) is 9.29. The molecule has 19 heavy (non-hydrogen) atoms. The van der Waals surface area contributed by atoms with E-state index in [9.17, 15) is 5.11 Å². The molecule has 2 aromatic rings. The van der Waals surface area contributed by atoms with Crippen LogP contribution in [0, 0.1) is 0 Å². The van der Waals surface area contributed by atoms with Crippen LogP contribution in [0.2, 0.25) is 0 Å². The van der Waals surface area contributed by atoms with Gasteiger partial charge in [0.2, 0.25) is 0 Å². The van der Waals surface area contributed by atoms with Crippen molar-refractivity contribution in [1.82, 2.24) is 4.98 Å². The maximum Gasteiger partial charge on any atom is 0.127 e. The summed E-state index contributed by atoms with van der Waals surface area (Å²) in [6.07, 6.45) is 1.23. The Morgan fingerprint density at radius 3 is 2.68 bits per heavy atom. The number of aromatic nitrogens is 1. The van der Waals surface area contributed by atoms with Crippen LogP contribution in [0.5, 0.6) is 0 Å². The lowest BCUT2D eigenvalue weighted by molar-refractivity contribution is 0.191. The molecule has 4 heteroatoms. The predicted octanol–water partition coefficient (Wildman–Crippen LogP) is 2.66. The minimum absolute atomic E-state index is 0.472.